The summed E-state index contributed by atoms with van der Waals surface area (Å²) >= 11 is 0. The molecule has 1 heterocycles. The molecule has 0 aromatic carbocycles. The van der Waals surface area contributed by atoms with Gasteiger partial charge in [0.15, 0.2) is 0 Å². The van der Waals surface area contributed by atoms with Crippen molar-refractivity contribution in [1.82, 2.24) is 15.1 Å². The molecule has 0 aliphatic heterocycles. The second kappa shape index (κ2) is 7.75. The van der Waals surface area contributed by atoms with Crippen LogP contribution in [0.1, 0.15) is 95.3 Å². The Kier molecular flexibility index (Phi) is 5.41. The summed E-state index contributed by atoms with van der Waals surface area (Å²) in [5, 5.41) is 18.6. The first kappa shape index (κ1) is 17.5. The van der Waals surface area contributed by atoms with Crippen molar-refractivity contribution in [3.05, 3.63) is 11.8 Å². The Hall–Kier alpha value is -0.940. The van der Waals surface area contributed by atoms with Crippen LogP contribution in [-0.4, -0.2) is 38.4 Å². The minimum atomic E-state index is -0.0990. The molecule has 0 radical (unpaired) electrons. The normalized spacial score (nSPS) is 34.2. The average Bonchev–Trinajstić information content (AvgIpc) is 3.01. The van der Waals surface area contributed by atoms with E-state index < -0.39 is 0 Å². The van der Waals surface area contributed by atoms with E-state index in [0.29, 0.717) is 18.0 Å². The molecule has 0 unspecified atom stereocenters. The van der Waals surface area contributed by atoms with Crippen LogP contribution in [0.4, 0.5) is 0 Å². The molecule has 5 heteroatoms. The standard InChI is InChI=1S/C20H33N3O2/c1-14-5-7-16(8-6-14)23(17-9-11-18(24)12-10-17)13-19-21-22-20(25-19)15-3-2-4-15/h14-18,24H,2-13H2,1H3. The van der Waals surface area contributed by atoms with Crippen molar-refractivity contribution in [3.8, 4) is 0 Å². The Labute approximate surface area is 151 Å². The lowest BCUT2D eigenvalue weighted by atomic mass is 9.84. The van der Waals surface area contributed by atoms with Gasteiger partial charge in [0.2, 0.25) is 11.8 Å². The van der Waals surface area contributed by atoms with E-state index in [1.54, 1.807) is 0 Å². The van der Waals surface area contributed by atoms with Gasteiger partial charge in [0.25, 0.3) is 0 Å². The largest absolute Gasteiger partial charge is 0.424 e. The topological polar surface area (TPSA) is 62.4 Å². The van der Waals surface area contributed by atoms with Gasteiger partial charge in [0.05, 0.1) is 12.6 Å². The van der Waals surface area contributed by atoms with E-state index in [0.717, 1.165) is 49.9 Å². The van der Waals surface area contributed by atoms with E-state index in [-0.39, 0.29) is 6.10 Å². The van der Waals surface area contributed by atoms with Crippen LogP contribution in [0.2, 0.25) is 0 Å². The van der Waals surface area contributed by atoms with Gasteiger partial charge in [-0.25, -0.2) is 0 Å². The number of aromatic nitrogens is 2. The van der Waals surface area contributed by atoms with Crippen LogP contribution in [-0.2, 0) is 6.54 Å². The number of rotatable bonds is 5. The van der Waals surface area contributed by atoms with Gasteiger partial charge in [-0.2, -0.15) is 0 Å². The minimum Gasteiger partial charge on any atom is -0.424 e. The number of aliphatic hydroxyl groups is 1. The zero-order valence-electron chi connectivity index (χ0n) is 15.6. The predicted molar refractivity (Wildman–Crippen MR) is 96.1 cm³/mol. The third-order valence-electron chi connectivity index (χ3n) is 6.84. The molecule has 0 spiro atoms. The summed E-state index contributed by atoms with van der Waals surface area (Å²) in [7, 11) is 0. The zero-order valence-corrected chi connectivity index (χ0v) is 15.6. The smallest absolute Gasteiger partial charge is 0.230 e. The molecule has 25 heavy (non-hydrogen) atoms. The van der Waals surface area contributed by atoms with E-state index in [1.807, 2.05) is 0 Å². The molecule has 0 amide bonds. The molecule has 3 fully saturated rings. The fraction of sp³-hybridized carbons (Fsp3) is 0.900. The molecule has 1 aromatic heterocycles. The summed E-state index contributed by atoms with van der Waals surface area (Å²) in [6, 6.07) is 1.19. The maximum absolute atomic E-state index is 9.88. The van der Waals surface area contributed by atoms with Gasteiger partial charge in [-0.05, 0) is 70.1 Å². The van der Waals surface area contributed by atoms with Crippen molar-refractivity contribution in [2.45, 2.75) is 108 Å². The maximum atomic E-state index is 9.88. The molecule has 3 aliphatic rings. The van der Waals surface area contributed by atoms with Gasteiger partial charge in [0.1, 0.15) is 0 Å². The third-order valence-corrected chi connectivity index (χ3v) is 6.84. The molecule has 0 saturated heterocycles. The molecular weight excluding hydrogens is 314 g/mol. The van der Waals surface area contributed by atoms with E-state index >= 15 is 0 Å². The van der Waals surface area contributed by atoms with Gasteiger partial charge >= 0.3 is 0 Å². The van der Waals surface area contributed by atoms with Crippen LogP contribution >= 0.6 is 0 Å². The molecule has 3 aliphatic carbocycles. The molecular formula is C20H33N3O2. The van der Waals surface area contributed by atoms with Gasteiger partial charge in [-0.3, -0.25) is 4.90 Å². The Balaban J connectivity index is 1.45. The van der Waals surface area contributed by atoms with E-state index in [1.165, 1.54) is 44.9 Å². The number of hydrogen-bond donors (Lipinski definition) is 1. The average molecular weight is 348 g/mol. The maximum Gasteiger partial charge on any atom is 0.230 e. The Morgan fingerprint density at radius 2 is 1.56 bits per heavy atom. The predicted octanol–water partition coefficient (Wildman–Crippen LogP) is 4.02. The quantitative estimate of drug-likeness (QED) is 0.871. The molecule has 140 valence electrons. The minimum absolute atomic E-state index is 0.0990. The molecule has 4 rings (SSSR count). The SMILES string of the molecule is CC1CCC(N(Cc2nnc(C3CCC3)o2)C2CCC(O)CC2)CC1. The van der Waals surface area contributed by atoms with E-state index in [9.17, 15) is 5.11 Å². The van der Waals surface area contributed by atoms with Gasteiger partial charge < -0.3 is 9.52 Å². The van der Waals surface area contributed by atoms with Crippen LogP contribution in [0.25, 0.3) is 0 Å². The van der Waals surface area contributed by atoms with Gasteiger partial charge in [-0.15, -0.1) is 10.2 Å². The van der Waals surface area contributed by atoms with Crippen molar-refractivity contribution in [3.63, 3.8) is 0 Å². The fourth-order valence-corrected chi connectivity index (χ4v) is 4.83. The van der Waals surface area contributed by atoms with Crippen molar-refractivity contribution < 1.29 is 9.52 Å². The van der Waals surface area contributed by atoms with E-state index in [2.05, 4.69) is 22.0 Å². The number of hydrogen-bond acceptors (Lipinski definition) is 5. The van der Waals surface area contributed by atoms with Crippen LogP contribution in [0.3, 0.4) is 0 Å². The second-order valence-corrected chi connectivity index (χ2v) is 8.71. The first-order valence-corrected chi connectivity index (χ1v) is 10.4. The number of nitrogens with zero attached hydrogens (tertiary/aromatic N) is 3. The highest BCUT2D eigenvalue weighted by Crippen LogP contribution is 2.36. The van der Waals surface area contributed by atoms with Crippen molar-refractivity contribution in [2.75, 3.05) is 0 Å². The first-order chi connectivity index (χ1) is 12.2. The molecule has 1 aromatic rings. The highest BCUT2D eigenvalue weighted by atomic mass is 16.4. The Morgan fingerprint density at radius 1 is 0.920 bits per heavy atom. The lowest BCUT2D eigenvalue weighted by Crippen LogP contribution is -2.46. The Morgan fingerprint density at radius 3 is 2.16 bits per heavy atom. The second-order valence-electron chi connectivity index (χ2n) is 8.71. The van der Waals surface area contributed by atoms with Crippen LogP contribution in [0.5, 0.6) is 0 Å². The highest BCUT2D eigenvalue weighted by Gasteiger charge is 2.33. The van der Waals surface area contributed by atoms with Crippen molar-refractivity contribution in [2.24, 2.45) is 5.92 Å². The highest BCUT2D eigenvalue weighted by molar-refractivity contribution is 4.97. The summed E-state index contributed by atoms with van der Waals surface area (Å²) in [6.45, 7) is 3.17. The van der Waals surface area contributed by atoms with E-state index in [4.69, 9.17) is 4.42 Å². The summed E-state index contributed by atoms with van der Waals surface area (Å²) in [5.74, 6) is 3.03. The molecule has 0 bridgehead atoms. The molecule has 3 saturated carbocycles. The summed E-state index contributed by atoms with van der Waals surface area (Å²) in [4.78, 5) is 2.65. The summed E-state index contributed by atoms with van der Waals surface area (Å²) in [5.41, 5.74) is 0. The molecule has 1 N–H and O–H groups in total. The van der Waals surface area contributed by atoms with Crippen LogP contribution in [0.15, 0.2) is 4.42 Å². The lowest BCUT2D eigenvalue weighted by molar-refractivity contribution is 0.0260. The molecule has 0 atom stereocenters. The first-order valence-electron chi connectivity index (χ1n) is 10.4. The van der Waals surface area contributed by atoms with Crippen LogP contribution in [0, 0.1) is 5.92 Å². The van der Waals surface area contributed by atoms with Crippen LogP contribution < -0.4 is 0 Å². The summed E-state index contributed by atoms with van der Waals surface area (Å²) in [6.07, 6.45) is 12.9. The monoisotopic (exact) mass is 347 g/mol. The molecule has 5 nitrogen and oxygen atoms in total. The third kappa shape index (κ3) is 4.08. The fourth-order valence-electron chi connectivity index (χ4n) is 4.83. The number of aliphatic hydroxyl groups excluding tert-OH is 1. The van der Waals surface area contributed by atoms with Crippen molar-refractivity contribution in [1.29, 1.82) is 0 Å². The zero-order chi connectivity index (χ0) is 17.2. The van der Waals surface area contributed by atoms with Gasteiger partial charge in [0, 0.05) is 18.0 Å². The van der Waals surface area contributed by atoms with Crippen molar-refractivity contribution >= 4 is 0 Å². The Bertz CT molecular complexity index is 519. The summed E-state index contributed by atoms with van der Waals surface area (Å²) < 4.78 is 6.03. The van der Waals surface area contributed by atoms with Gasteiger partial charge in [-0.1, -0.05) is 13.3 Å². The lowest BCUT2D eigenvalue weighted by Gasteiger charge is -2.42.